The van der Waals surface area contributed by atoms with E-state index in [0.29, 0.717) is 12.1 Å². The van der Waals surface area contributed by atoms with Crippen LogP contribution in [0.5, 0.6) is 0 Å². The van der Waals surface area contributed by atoms with Crippen molar-refractivity contribution in [1.29, 1.82) is 0 Å². The Morgan fingerprint density at radius 3 is 2.35 bits per heavy atom. The van der Waals surface area contributed by atoms with Gasteiger partial charge in [-0.3, -0.25) is 4.79 Å². The molecule has 0 bridgehead atoms. The van der Waals surface area contributed by atoms with Crippen molar-refractivity contribution in [2.45, 2.75) is 25.4 Å². The van der Waals surface area contributed by atoms with E-state index in [1.165, 1.54) is 5.41 Å². The smallest absolute Gasteiger partial charge is 0.251 e. The van der Waals surface area contributed by atoms with Gasteiger partial charge < -0.3 is 5.32 Å². The lowest BCUT2D eigenvalue weighted by molar-refractivity contribution is 0.0963. The Bertz CT molecular complexity index is 886. The Labute approximate surface area is 154 Å². The number of rotatable bonds is 7. The molecule has 1 N–H and O–H groups in total. The van der Waals surface area contributed by atoms with Gasteiger partial charge in [-0.2, -0.15) is 4.31 Å². The van der Waals surface area contributed by atoms with E-state index in [1.54, 1.807) is 41.7 Å². The van der Waals surface area contributed by atoms with Crippen molar-refractivity contribution in [3.05, 3.63) is 76.7 Å². The topological polar surface area (TPSA) is 66.5 Å². The summed E-state index contributed by atoms with van der Waals surface area (Å²) in [5, 5.41) is 3.85. The highest BCUT2D eigenvalue weighted by atomic mass is 32.2. The van der Waals surface area contributed by atoms with Crippen LogP contribution in [0.2, 0.25) is 0 Å². The first kappa shape index (κ1) is 18.4. The lowest BCUT2D eigenvalue weighted by atomic mass is 10.1. The molecule has 136 valence electrons. The fraction of sp³-hybridized carbons (Fsp3) is 0.250. The van der Waals surface area contributed by atoms with Crippen molar-refractivity contribution in [3.63, 3.8) is 0 Å². The zero-order valence-corrected chi connectivity index (χ0v) is 15.4. The monoisotopic (exact) mass is 370 g/mol. The maximum atomic E-state index is 12.8. The summed E-state index contributed by atoms with van der Waals surface area (Å²) >= 11 is 0. The van der Waals surface area contributed by atoms with Crippen molar-refractivity contribution in [1.82, 2.24) is 9.62 Å². The highest BCUT2D eigenvalue weighted by Crippen LogP contribution is 2.31. The Kier molecular flexibility index (Phi) is 5.54. The van der Waals surface area contributed by atoms with E-state index >= 15 is 0 Å². The van der Waals surface area contributed by atoms with Crippen LogP contribution in [0.25, 0.3) is 6.08 Å². The fourth-order valence-electron chi connectivity index (χ4n) is 2.68. The summed E-state index contributed by atoms with van der Waals surface area (Å²) in [6.07, 6.45) is 3.39. The van der Waals surface area contributed by atoms with E-state index in [-0.39, 0.29) is 11.9 Å². The summed E-state index contributed by atoms with van der Waals surface area (Å²) < 4.78 is 27.1. The molecule has 1 amide bonds. The molecule has 0 saturated heterocycles. The molecule has 1 aliphatic rings. The highest BCUT2D eigenvalue weighted by Gasteiger charge is 2.35. The van der Waals surface area contributed by atoms with Crippen LogP contribution >= 0.6 is 0 Å². The molecule has 5 nitrogen and oxygen atoms in total. The number of nitrogens with zero attached hydrogens (tertiary/aromatic N) is 1. The molecular weight excluding hydrogens is 348 g/mol. The normalized spacial score (nSPS) is 14.7. The second-order valence-corrected chi connectivity index (χ2v) is 8.08. The van der Waals surface area contributed by atoms with Crippen LogP contribution in [-0.4, -0.2) is 31.7 Å². The zero-order chi connectivity index (χ0) is 18.6. The fourth-order valence-corrected chi connectivity index (χ4v) is 4.12. The third kappa shape index (κ3) is 4.59. The van der Waals surface area contributed by atoms with Crippen LogP contribution in [0.4, 0.5) is 0 Å². The van der Waals surface area contributed by atoms with Gasteiger partial charge in [0.05, 0.1) is 0 Å². The van der Waals surface area contributed by atoms with Crippen LogP contribution in [0.1, 0.15) is 34.3 Å². The molecule has 0 heterocycles. The van der Waals surface area contributed by atoms with Gasteiger partial charge in [0.25, 0.3) is 5.91 Å². The first-order valence-electron chi connectivity index (χ1n) is 8.55. The predicted molar refractivity (Wildman–Crippen MR) is 103 cm³/mol. The maximum absolute atomic E-state index is 12.8. The van der Waals surface area contributed by atoms with Gasteiger partial charge in [0.1, 0.15) is 0 Å². The average molecular weight is 370 g/mol. The Morgan fingerprint density at radius 2 is 1.77 bits per heavy atom. The first-order valence-corrected chi connectivity index (χ1v) is 10.1. The van der Waals surface area contributed by atoms with Gasteiger partial charge in [-0.05, 0) is 42.2 Å². The SMILES string of the molecule is CNC(=O)c1ccc(CN(C2CC2)S(=O)(=O)C=Cc2ccccc2)cc1. The lowest BCUT2D eigenvalue weighted by Crippen LogP contribution is -2.31. The van der Waals surface area contributed by atoms with Gasteiger partial charge >= 0.3 is 0 Å². The van der Waals surface area contributed by atoms with Crippen molar-refractivity contribution in [3.8, 4) is 0 Å². The van der Waals surface area contributed by atoms with Gasteiger partial charge in [-0.15, -0.1) is 0 Å². The van der Waals surface area contributed by atoms with Crippen LogP contribution in [0, 0.1) is 0 Å². The number of carbonyl (C=O) groups excluding carboxylic acids is 1. The maximum Gasteiger partial charge on any atom is 0.251 e. The molecule has 0 spiro atoms. The lowest BCUT2D eigenvalue weighted by Gasteiger charge is -2.20. The van der Waals surface area contributed by atoms with Crippen LogP contribution in [-0.2, 0) is 16.6 Å². The van der Waals surface area contributed by atoms with Gasteiger partial charge in [0.2, 0.25) is 10.0 Å². The number of hydrogen-bond donors (Lipinski definition) is 1. The molecule has 0 radical (unpaired) electrons. The second-order valence-electron chi connectivity index (χ2n) is 6.31. The van der Waals surface area contributed by atoms with E-state index < -0.39 is 10.0 Å². The highest BCUT2D eigenvalue weighted by molar-refractivity contribution is 7.92. The van der Waals surface area contributed by atoms with E-state index in [9.17, 15) is 13.2 Å². The van der Waals surface area contributed by atoms with E-state index in [4.69, 9.17) is 0 Å². The van der Waals surface area contributed by atoms with Crippen molar-refractivity contribution >= 4 is 22.0 Å². The molecule has 2 aromatic carbocycles. The molecule has 3 rings (SSSR count). The minimum Gasteiger partial charge on any atom is -0.355 e. The summed E-state index contributed by atoms with van der Waals surface area (Å²) in [6, 6.07) is 16.5. The molecule has 1 aliphatic carbocycles. The zero-order valence-electron chi connectivity index (χ0n) is 14.6. The summed E-state index contributed by atoms with van der Waals surface area (Å²) in [7, 11) is -1.93. The molecule has 0 aliphatic heterocycles. The van der Waals surface area contributed by atoms with Gasteiger partial charge in [0.15, 0.2) is 0 Å². The Hall–Kier alpha value is -2.44. The number of nitrogens with one attached hydrogen (secondary N) is 1. The average Bonchev–Trinajstić information content (AvgIpc) is 3.50. The molecule has 26 heavy (non-hydrogen) atoms. The quantitative estimate of drug-likeness (QED) is 0.815. The van der Waals surface area contributed by atoms with Gasteiger partial charge in [-0.1, -0.05) is 42.5 Å². The molecule has 0 atom stereocenters. The van der Waals surface area contributed by atoms with E-state index in [1.807, 2.05) is 30.3 Å². The standard InChI is InChI=1S/C20H22N2O3S/c1-21-20(23)18-9-7-17(8-10-18)15-22(19-11-12-19)26(24,25)14-13-16-5-3-2-4-6-16/h2-10,13-14,19H,11-12,15H2,1H3,(H,21,23). The number of sulfonamides is 1. The molecule has 6 heteroatoms. The summed E-state index contributed by atoms with van der Waals surface area (Å²) in [4.78, 5) is 11.6. The molecule has 1 fully saturated rings. The number of hydrogen-bond acceptors (Lipinski definition) is 3. The number of amides is 1. The third-order valence-electron chi connectivity index (χ3n) is 4.29. The molecule has 2 aromatic rings. The third-order valence-corrected chi connectivity index (χ3v) is 5.86. The van der Waals surface area contributed by atoms with Crippen LogP contribution < -0.4 is 5.32 Å². The summed E-state index contributed by atoms with van der Waals surface area (Å²) in [5.74, 6) is -0.158. The van der Waals surface area contributed by atoms with Crippen molar-refractivity contribution in [2.24, 2.45) is 0 Å². The minimum absolute atomic E-state index is 0.0547. The molecule has 0 unspecified atom stereocenters. The largest absolute Gasteiger partial charge is 0.355 e. The second kappa shape index (κ2) is 7.85. The van der Waals surface area contributed by atoms with Crippen LogP contribution in [0.15, 0.2) is 60.0 Å². The van der Waals surface area contributed by atoms with Gasteiger partial charge in [0, 0.05) is 30.6 Å². The molecule has 0 aromatic heterocycles. The van der Waals surface area contributed by atoms with Crippen molar-refractivity contribution < 1.29 is 13.2 Å². The molecular formula is C20H22N2O3S. The van der Waals surface area contributed by atoms with Crippen molar-refractivity contribution in [2.75, 3.05) is 7.05 Å². The van der Waals surface area contributed by atoms with Gasteiger partial charge in [-0.25, -0.2) is 8.42 Å². The van der Waals surface area contributed by atoms with E-state index in [2.05, 4.69) is 5.32 Å². The summed E-state index contributed by atoms with van der Waals surface area (Å²) in [5.41, 5.74) is 2.27. The molecule has 1 saturated carbocycles. The minimum atomic E-state index is -3.51. The number of carbonyl (C=O) groups is 1. The number of benzene rings is 2. The Morgan fingerprint density at radius 1 is 1.12 bits per heavy atom. The van der Waals surface area contributed by atoms with E-state index in [0.717, 1.165) is 24.0 Å². The first-order chi connectivity index (χ1) is 12.5. The predicted octanol–water partition coefficient (Wildman–Crippen LogP) is 3.01. The van der Waals surface area contributed by atoms with Crippen LogP contribution in [0.3, 0.4) is 0 Å². The Balaban J connectivity index is 1.76. The summed E-state index contributed by atoms with van der Waals surface area (Å²) in [6.45, 7) is 0.306.